The van der Waals surface area contributed by atoms with Crippen molar-refractivity contribution in [1.29, 1.82) is 0 Å². The minimum absolute atomic E-state index is 0.0493. The minimum Gasteiger partial charge on any atom is -0.460 e. The molecule has 0 bridgehead atoms. The number of aliphatic hydroxyl groups is 1. The molecule has 0 amide bonds. The zero-order chi connectivity index (χ0) is 15.7. The second kappa shape index (κ2) is 5.70. The summed E-state index contributed by atoms with van der Waals surface area (Å²) < 4.78 is 12.3. The number of anilines is 1. The quantitative estimate of drug-likeness (QED) is 0.587. The van der Waals surface area contributed by atoms with E-state index in [-0.39, 0.29) is 12.4 Å². The first-order valence-electron chi connectivity index (χ1n) is 6.66. The summed E-state index contributed by atoms with van der Waals surface area (Å²) in [5, 5.41) is 10.0. The number of nitrogens with zero attached hydrogens (tertiary/aromatic N) is 4. The van der Waals surface area contributed by atoms with E-state index in [0.717, 1.165) is 6.08 Å². The molecule has 116 valence electrons. The maximum Gasteiger partial charge on any atom is 0.330 e. The number of nitrogen functional groups attached to an aromatic ring is 1. The molecule has 0 aliphatic carbocycles. The van der Waals surface area contributed by atoms with E-state index in [1.165, 1.54) is 12.7 Å². The highest BCUT2D eigenvalue weighted by atomic mass is 16.6. The van der Waals surface area contributed by atoms with Crippen molar-refractivity contribution in [3.63, 3.8) is 0 Å². The summed E-state index contributed by atoms with van der Waals surface area (Å²) >= 11 is 0. The van der Waals surface area contributed by atoms with E-state index in [4.69, 9.17) is 15.2 Å². The third-order valence-corrected chi connectivity index (χ3v) is 3.46. The first kappa shape index (κ1) is 14.4. The topological polar surface area (TPSA) is 125 Å². The lowest BCUT2D eigenvalue weighted by Crippen LogP contribution is -2.27. The molecule has 1 fully saturated rings. The summed E-state index contributed by atoms with van der Waals surface area (Å²) in [7, 11) is 0. The Balaban J connectivity index is 1.77. The average Bonchev–Trinajstić information content (AvgIpc) is 3.09. The summed E-state index contributed by atoms with van der Waals surface area (Å²) in [6, 6.07) is 0. The van der Waals surface area contributed by atoms with Gasteiger partial charge >= 0.3 is 5.97 Å². The molecule has 9 nitrogen and oxygen atoms in total. The predicted octanol–water partition coefficient (Wildman–Crippen LogP) is -0.214. The number of aromatic nitrogens is 4. The third kappa shape index (κ3) is 2.51. The number of hydrogen-bond donors (Lipinski definition) is 2. The Morgan fingerprint density at radius 1 is 1.59 bits per heavy atom. The zero-order valence-corrected chi connectivity index (χ0v) is 11.6. The molecule has 1 aliphatic heterocycles. The van der Waals surface area contributed by atoms with Gasteiger partial charge in [-0.3, -0.25) is 4.57 Å². The van der Waals surface area contributed by atoms with E-state index in [1.807, 2.05) is 0 Å². The second-order valence-corrected chi connectivity index (χ2v) is 4.85. The summed E-state index contributed by atoms with van der Waals surface area (Å²) in [5.74, 6) is -0.286. The van der Waals surface area contributed by atoms with Crippen molar-refractivity contribution in [1.82, 2.24) is 19.5 Å². The van der Waals surface area contributed by atoms with Gasteiger partial charge in [-0.1, -0.05) is 6.58 Å². The van der Waals surface area contributed by atoms with E-state index in [1.54, 1.807) is 4.57 Å². The molecular weight excluding hydrogens is 290 g/mol. The molecule has 9 heteroatoms. The van der Waals surface area contributed by atoms with Crippen molar-refractivity contribution in [2.45, 2.75) is 24.9 Å². The highest BCUT2D eigenvalue weighted by Gasteiger charge is 2.36. The number of nitrogens with two attached hydrogens (primary N) is 1. The number of ether oxygens (including phenoxy) is 2. The molecule has 0 aromatic carbocycles. The van der Waals surface area contributed by atoms with Gasteiger partial charge in [-0.25, -0.2) is 19.7 Å². The van der Waals surface area contributed by atoms with Crippen LogP contribution in [0, 0.1) is 0 Å². The van der Waals surface area contributed by atoms with Crippen LogP contribution in [0.25, 0.3) is 11.2 Å². The van der Waals surface area contributed by atoms with Crippen molar-refractivity contribution < 1.29 is 19.4 Å². The van der Waals surface area contributed by atoms with Gasteiger partial charge in [0.2, 0.25) is 0 Å². The second-order valence-electron chi connectivity index (χ2n) is 4.85. The van der Waals surface area contributed by atoms with Crippen LogP contribution in [0.3, 0.4) is 0 Å². The third-order valence-electron chi connectivity index (χ3n) is 3.46. The molecule has 1 aliphatic rings. The van der Waals surface area contributed by atoms with Crippen LogP contribution in [0.2, 0.25) is 0 Å². The number of carbonyl (C=O) groups excluding carboxylic acids is 1. The van der Waals surface area contributed by atoms with Crippen molar-refractivity contribution in [2.24, 2.45) is 0 Å². The Bertz CT molecular complexity index is 716. The number of hydrogen-bond acceptors (Lipinski definition) is 8. The summed E-state index contributed by atoms with van der Waals surface area (Å²) in [6.45, 7) is 3.26. The lowest BCUT2D eigenvalue weighted by molar-refractivity contribution is -0.144. The van der Waals surface area contributed by atoms with Crippen molar-refractivity contribution in [3.8, 4) is 0 Å². The maximum absolute atomic E-state index is 11.1. The number of rotatable bonds is 4. The molecule has 3 N–H and O–H groups in total. The van der Waals surface area contributed by atoms with Gasteiger partial charge in [-0.2, -0.15) is 0 Å². The smallest absolute Gasteiger partial charge is 0.330 e. The molecular formula is C13H15N5O4. The van der Waals surface area contributed by atoms with Crippen LogP contribution in [-0.4, -0.2) is 49.4 Å². The maximum atomic E-state index is 11.1. The molecule has 3 rings (SSSR count). The van der Waals surface area contributed by atoms with E-state index in [9.17, 15) is 9.90 Å². The predicted molar refractivity (Wildman–Crippen MR) is 75.4 cm³/mol. The molecule has 3 atom stereocenters. The Morgan fingerprint density at radius 2 is 2.41 bits per heavy atom. The largest absolute Gasteiger partial charge is 0.460 e. The Hall–Kier alpha value is -2.52. The molecule has 3 heterocycles. The standard InChI is InChI=1S/C13H15N5O4/c1-2-10(20)21-4-8-7(19)3-9(22-8)18-6-17-11-12(14)15-5-16-13(11)18/h2,5-9,19H,1,3-4H2,(H2,14,15,16)/t7-,8+,9+/m0/s1. The molecule has 0 spiro atoms. The summed E-state index contributed by atoms with van der Waals surface area (Å²) in [6.07, 6.45) is 2.40. The molecule has 0 unspecified atom stereocenters. The molecule has 1 saturated heterocycles. The fourth-order valence-electron chi connectivity index (χ4n) is 2.34. The van der Waals surface area contributed by atoms with Crippen LogP contribution in [-0.2, 0) is 14.3 Å². The van der Waals surface area contributed by atoms with E-state index >= 15 is 0 Å². The molecule has 0 saturated carbocycles. The number of carbonyl (C=O) groups is 1. The van der Waals surface area contributed by atoms with Crippen LogP contribution in [0.15, 0.2) is 25.3 Å². The van der Waals surface area contributed by atoms with Crippen molar-refractivity contribution in [3.05, 3.63) is 25.3 Å². The van der Waals surface area contributed by atoms with Gasteiger partial charge in [-0.15, -0.1) is 0 Å². The highest BCUT2D eigenvalue weighted by molar-refractivity contribution is 5.81. The van der Waals surface area contributed by atoms with Crippen LogP contribution in [0.5, 0.6) is 0 Å². The van der Waals surface area contributed by atoms with Crippen LogP contribution < -0.4 is 5.73 Å². The van der Waals surface area contributed by atoms with Gasteiger partial charge < -0.3 is 20.3 Å². The number of imidazole rings is 1. The monoisotopic (exact) mass is 305 g/mol. The number of fused-ring (bicyclic) bond motifs is 1. The molecule has 22 heavy (non-hydrogen) atoms. The van der Waals surface area contributed by atoms with Gasteiger partial charge in [-0.05, 0) is 0 Å². The Labute approximate surface area is 125 Å². The number of aliphatic hydroxyl groups excluding tert-OH is 1. The zero-order valence-electron chi connectivity index (χ0n) is 11.6. The van der Waals surface area contributed by atoms with Gasteiger partial charge in [0.1, 0.15) is 30.8 Å². The SMILES string of the molecule is C=CC(=O)OC[C@H]1O[C@@H](n2cnc3c(N)ncnc32)C[C@@H]1O. The van der Waals surface area contributed by atoms with Crippen molar-refractivity contribution >= 4 is 23.0 Å². The lowest BCUT2D eigenvalue weighted by Gasteiger charge is -2.15. The first-order chi connectivity index (χ1) is 10.6. The summed E-state index contributed by atoms with van der Waals surface area (Å²) in [5.41, 5.74) is 6.73. The van der Waals surface area contributed by atoms with E-state index in [0.29, 0.717) is 17.6 Å². The van der Waals surface area contributed by atoms with E-state index < -0.39 is 24.4 Å². The Kier molecular flexibility index (Phi) is 3.73. The first-order valence-corrected chi connectivity index (χ1v) is 6.66. The molecule has 2 aromatic rings. The fraction of sp³-hybridized carbons (Fsp3) is 0.385. The molecule has 2 aromatic heterocycles. The van der Waals surface area contributed by atoms with Gasteiger partial charge in [0.05, 0.1) is 12.4 Å². The van der Waals surface area contributed by atoms with E-state index in [2.05, 4.69) is 21.5 Å². The van der Waals surface area contributed by atoms with Gasteiger partial charge in [0.15, 0.2) is 11.5 Å². The number of esters is 1. The lowest BCUT2D eigenvalue weighted by atomic mass is 10.2. The van der Waals surface area contributed by atoms with Crippen LogP contribution >= 0.6 is 0 Å². The average molecular weight is 305 g/mol. The Morgan fingerprint density at radius 3 is 3.18 bits per heavy atom. The minimum atomic E-state index is -0.765. The van der Waals surface area contributed by atoms with Gasteiger partial charge in [0, 0.05) is 12.5 Å². The van der Waals surface area contributed by atoms with Crippen molar-refractivity contribution in [2.75, 3.05) is 12.3 Å². The molecule has 0 radical (unpaired) electrons. The summed E-state index contributed by atoms with van der Waals surface area (Å²) in [4.78, 5) is 23.2. The van der Waals surface area contributed by atoms with Crippen LogP contribution in [0.1, 0.15) is 12.6 Å². The normalized spacial score (nSPS) is 24.5. The highest BCUT2D eigenvalue weighted by Crippen LogP contribution is 2.31. The van der Waals surface area contributed by atoms with Crippen LogP contribution in [0.4, 0.5) is 5.82 Å². The fourth-order valence-corrected chi connectivity index (χ4v) is 2.34. The van der Waals surface area contributed by atoms with Gasteiger partial charge in [0.25, 0.3) is 0 Å².